The van der Waals surface area contributed by atoms with E-state index in [1.54, 1.807) is 12.1 Å². The van der Waals surface area contributed by atoms with E-state index in [1.807, 2.05) is 39.0 Å². The number of nitrogens with zero attached hydrogens (tertiary/aromatic N) is 1. The number of aliphatic hydroxyl groups is 2. The van der Waals surface area contributed by atoms with Gasteiger partial charge in [0.05, 0.1) is 24.5 Å². The van der Waals surface area contributed by atoms with Gasteiger partial charge in [0.1, 0.15) is 5.75 Å². The molecule has 1 aliphatic carbocycles. The van der Waals surface area contributed by atoms with E-state index in [9.17, 15) is 24.9 Å². The molecular weight excluding hydrogens is 394 g/mol. The van der Waals surface area contributed by atoms with Crippen LogP contribution in [0.5, 0.6) is 5.75 Å². The number of amides is 2. The number of aromatic hydroxyl groups is 1. The molecule has 6 nitrogen and oxygen atoms in total. The normalized spacial score (nSPS) is 25.3. The predicted octanol–water partition coefficient (Wildman–Crippen LogP) is 3.28. The first kappa shape index (κ1) is 23.2. The number of likely N-dealkylation sites (tertiary alicyclic amines) is 1. The van der Waals surface area contributed by atoms with Crippen LogP contribution in [0.4, 0.5) is 0 Å². The molecule has 0 spiro atoms. The predicted molar refractivity (Wildman–Crippen MR) is 119 cm³/mol. The maximum Gasteiger partial charge on any atom is 0.233 e. The maximum absolute atomic E-state index is 12.9. The summed E-state index contributed by atoms with van der Waals surface area (Å²) >= 11 is 0. The molecule has 4 atom stereocenters. The number of carbonyl (C=O) groups excluding carboxylic acids is 2. The van der Waals surface area contributed by atoms with Gasteiger partial charge in [0.25, 0.3) is 0 Å². The van der Waals surface area contributed by atoms with Crippen molar-refractivity contribution in [2.75, 3.05) is 13.2 Å². The summed E-state index contributed by atoms with van der Waals surface area (Å²) in [6.45, 7) is 5.96. The van der Waals surface area contributed by atoms with Gasteiger partial charge in [-0.05, 0) is 62.8 Å². The van der Waals surface area contributed by atoms with Gasteiger partial charge in [0.2, 0.25) is 11.8 Å². The lowest BCUT2D eigenvalue weighted by Crippen LogP contribution is -2.38. The first-order valence-electron chi connectivity index (χ1n) is 11.1. The van der Waals surface area contributed by atoms with Gasteiger partial charge in [-0.1, -0.05) is 36.3 Å². The Bertz CT molecular complexity index is 886. The van der Waals surface area contributed by atoms with Crippen LogP contribution in [0, 0.1) is 17.8 Å². The van der Waals surface area contributed by atoms with Crippen LogP contribution in [-0.4, -0.2) is 51.3 Å². The van der Waals surface area contributed by atoms with E-state index < -0.39 is 23.9 Å². The van der Waals surface area contributed by atoms with Crippen molar-refractivity contribution >= 4 is 17.9 Å². The van der Waals surface area contributed by atoms with E-state index in [0.717, 1.165) is 22.3 Å². The van der Waals surface area contributed by atoms with Gasteiger partial charge in [-0.3, -0.25) is 14.5 Å². The van der Waals surface area contributed by atoms with Crippen molar-refractivity contribution in [2.45, 2.75) is 52.6 Å². The summed E-state index contributed by atoms with van der Waals surface area (Å²) in [6, 6.07) is 6.92. The second-order valence-electron chi connectivity index (χ2n) is 8.83. The molecule has 0 radical (unpaired) electrons. The molecule has 3 N–H and O–H groups in total. The lowest BCUT2D eigenvalue weighted by molar-refractivity contribution is -0.140. The molecule has 0 unspecified atom stereocenters. The monoisotopic (exact) mass is 427 g/mol. The van der Waals surface area contributed by atoms with Crippen LogP contribution in [0.1, 0.15) is 52.0 Å². The third-order valence-corrected chi connectivity index (χ3v) is 6.54. The Morgan fingerprint density at radius 3 is 2.52 bits per heavy atom. The van der Waals surface area contributed by atoms with E-state index in [-0.39, 0.29) is 24.2 Å². The van der Waals surface area contributed by atoms with E-state index in [0.29, 0.717) is 32.2 Å². The number of imide groups is 1. The zero-order valence-electron chi connectivity index (χ0n) is 18.5. The van der Waals surface area contributed by atoms with Crippen LogP contribution in [-0.2, 0) is 9.59 Å². The molecular formula is C25H33NO5. The van der Waals surface area contributed by atoms with E-state index in [1.165, 1.54) is 4.90 Å². The van der Waals surface area contributed by atoms with Crippen molar-refractivity contribution in [1.82, 2.24) is 4.90 Å². The summed E-state index contributed by atoms with van der Waals surface area (Å²) in [5, 5.41) is 30.5. The van der Waals surface area contributed by atoms with Gasteiger partial charge in [0, 0.05) is 12.5 Å². The molecule has 2 aliphatic rings. The highest BCUT2D eigenvalue weighted by molar-refractivity contribution is 6.05. The smallest absolute Gasteiger partial charge is 0.233 e. The Morgan fingerprint density at radius 1 is 1.23 bits per heavy atom. The van der Waals surface area contributed by atoms with Crippen molar-refractivity contribution in [3.8, 4) is 5.75 Å². The zero-order chi connectivity index (χ0) is 22.7. The lowest BCUT2D eigenvalue weighted by atomic mass is 9.68. The Hall–Kier alpha value is -2.44. The largest absolute Gasteiger partial charge is 0.508 e. The second-order valence-corrected chi connectivity index (χ2v) is 8.83. The quantitative estimate of drug-likeness (QED) is 0.437. The number of phenols is 1. The van der Waals surface area contributed by atoms with Gasteiger partial charge in [-0.2, -0.15) is 0 Å². The first-order valence-corrected chi connectivity index (χ1v) is 11.1. The molecule has 1 heterocycles. The summed E-state index contributed by atoms with van der Waals surface area (Å²) in [7, 11) is 0. The average molecular weight is 428 g/mol. The fourth-order valence-corrected chi connectivity index (χ4v) is 5.07. The van der Waals surface area contributed by atoms with E-state index in [4.69, 9.17) is 0 Å². The molecule has 168 valence electrons. The third-order valence-electron chi connectivity index (χ3n) is 6.54. The van der Waals surface area contributed by atoms with E-state index >= 15 is 0 Å². The molecule has 1 fully saturated rings. The van der Waals surface area contributed by atoms with Gasteiger partial charge < -0.3 is 15.3 Å². The number of aliphatic hydroxyl groups excluding tert-OH is 2. The van der Waals surface area contributed by atoms with Crippen LogP contribution in [0.15, 0.2) is 41.0 Å². The maximum atomic E-state index is 12.9. The van der Waals surface area contributed by atoms with Crippen molar-refractivity contribution in [3.63, 3.8) is 0 Å². The number of allylic oxidation sites excluding steroid dienone is 2. The Balaban J connectivity index is 1.74. The number of rotatable bonds is 8. The standard InChI is InChI=1S/C25H33NO5/c1-4-11-26-24(30)19-13-16(3)22(20(14-27)23(19)25(26)31)21(29)10-5-15(2)12-17-6-8-18(28)9-7-17/h6-9,12,19-21,23,27-29H,4-5,10-11,13-14H2,1-3H3/b15-12+/t19-,20+,21-,23-/m1/s1. The Morgan fingerprint density at radius 2 is 1.90 bits per heavy atom. The van der Waals surface area contributed by atoms with Crippen LogP contribution >= 0.6 is 0 Å². The van der Waals surface area contributed by atoms with Crippen molar-refractivity contribution in [1.29, 1.82) is 0 Å². The number of fused-ring (bicyclic) bond motifs is 1. The highest BCUT2D eigenvalue weighted by atomic mass is 16.3. The molecule has 1 aliphatic heterocycles. The van der Waals surface area contributed by atoms with Gasteiger partial charge in [0.15, 0.2) is 0 Å². The number of phenolic OH excluding ortho intramolecular Hbond substituents is 1. The molecule has 1 saturated heterocycles. The summed E-state index contributed by atoms with van der Waals surface area (Å²) < 4.78 is 0. The third kappa shape index (κ3) is 4.75. The van der Waals surface area contributed by atoms with Crippen LogP contribution in [0.25, 0.3) is 6.08 Å². The zero-order valence-corrected chi connectivity index (χ0v) is 18.5. The van der Waals surface area contributed by atoms with Crippen molar-refractivity contribution < 1.29 is 24.9 Å². The molecule has 3 rings (SSSR count). The molecule has 6 heteroatoms. The summed E-state index contributed by atoms with van der Waals surface area (Å²) in [5.74, 6) is -1.66. The average Bonchev–Trinajstić information content (AvgIpc) is 2.97. The Kier molecular flexibility index (Phi) is 7.34. The number of hydrogen-bond acceptors (Lipinski definition) is 5. The molecule has 2 amide bonds. The van der Waals surface area contributed by atoms with Crippen molar-refractivity contribution in [2.24, 2.45) is 17.8 Å². The Labute approximate surface area is 183 Å². The summed E-state index contributed by atoms with van der Waals surface area (Å²) in [5.41, 5.74) is 3.69. The minimum absolute atomic E-state index is 0.143. The summed E-state index contributed by atoms with van der Waals surface area (Å²) in [6.07, 6.45) is 3.53. The fraction of sp³-hybridized carbons (Fsp3) is 0.520. The minimum atomic E-state index is -0.774. The molecule has 0 saturated carbocycles. The van der Waals surface area contributed by atoms with Gasteiger partial charge in [-0.15, -0.1) is 0 Å². The topological polar surface area (TPSA) is 98.1 Å². The molecule has 0 bridgehead atoms. The number of hydrogen-bond donors (Lipinski definition) is 3. The number of carbonyl (C=O) groups is 2. The highest BCUT2D eigenvalue weighted by Gasteiger charge is 2.53. The second kappa shape index (κ2) is 9.79. The number of benzene rings is 1. The fourth-order valence-electron chi connectivity index (χ4n) is 5.07. The minimum Gasteiger partial charge on any atom is -0.508 e. The van der Waals surface area contributed by atoms with Crippen molar-refractivity contribution in [3.05, 3.63) is 46.5 Å². The molecule has 1 aromatic carbocycles. The summed E-state index contributed by atoms with van der Waals surface area (Å²) in [4.78, 5) is 27.0. The molecule has 0 aromatic heterocycles. The molecule has 1 aromatic rings. The van der Waals surface area contributed by atoms with Crippen LogP contribution in [0.2, 0.25) is 0 Å². The van der Waals surface area contributed by atoms with Gasteiger partial charge >= 0.3 is 0 Å². The SMILES string of the molecule is CCCN1C(=O)[C@@H]2[C@@H](CC(C)=C([C@H](O)CC/C(C)=C/c3ccc(O)cc3)[C@@H]2CO)C1=O. The van der Waals surface area contributed by atoms with Crippen LogP contribution < -0.4 is 0 Å². The first-order chi connectivity index (χ1) is 14.8. The lowest BCUT2D eigenvalue weighted by Gasteiger charge is -2.35. The van der Waals surface area contributed by atoms with E-state index in [2.05, 4.69) is 0 Å². The highest BCUT2D eigenvalue weighted by Crippen LogP contribution is 2.46. The van der Waals surface area contributed by atoms with Crippen LogP contribution in [0.3, 0.4) is 0 Å². The van der Waals surface area contributed by atoms with Gasteiger partial charge in [-0.25, -0.2) is 0 Å². The molecule has 31 heavy (non-hydrogen) atoms.